The smallest absolute Gasteiger partial charge is 0.0995 e. The van der Waals surface area contributed by atoms with Gasteiger partial charge in [0.1, 0.15) is 0 Å². The minimum absolute atomic E-state index is 0.185. The monoisotopic (exact) mass is 190 g/mol. The third kappa shape index (κ3) is 2.48. The summed E-state index contributed by atoms with van der Waals surface area (Å²) in [6.45, 7) is 2.83. The Kier molecular flexibility index (Phi) is 3.96. The van der Waals surface area contributed by atoms with Crippen LogP contribution in [-0.4, -0.2) is 18.3 Å². The zero-order valence-corrected chi connectivity index (χ0v) is 8.25. The zero-order valence-electron chi connectivity index (χ0n) is 8.25. The Balaban J connectivity index is 2.73. The maximum atomic E-state index is 8.80. The van der Waals surface area contributed by atoms with Crippen molar-refractivity contribution in [3.63, 3.8) is 0 Å². The fourth-order valence-corrected chi connectivity index (χ4v) is 1.25. The summed E-state index contributed by atoms with van der Waals surface area (Å²) in [6, 6.07) is 7.73. The first-order valence-electron chi connectivity index (χ1n) is 4.64. The van der Waals surface area contributed by atoms with E-state index in [1.165, 1.54) is 0 Å². The van der Waals surface area contributed by atoms with Crippen molar-refractivity contribution in [2.75, 3.05) is 18.5 Å². The minimum Gasteiger partial charge on any atom is -0.396 e. The van der Waals surface area contributed by atoms with Crippen LogP contribution in [0.5, 0.6) is 0 Å². The van der Waals surface area contributed by atoms with E-state index in [4.69, 9.17) is 10.4 Å². The molecule has 74 valence electrons. The summed E-state index contributed by atoms with van der Waals surface area (Å²) in [5, 5.41) is 20.6. The molecule has 0 aliphatic carbocycles. The van der Waals surface area contributed by atoms with Crippen LogP contribution < -0.4 is 5.32 Å². The summed E-state index contributed by atoms with van der Waals surface area (Å²) in [5.74, 6) is 0. The molecule has 0 atom stereocenters. The molecule has 0 fully saturated rings. The van der Waals surface area contributed by atoms with Gasteiger partial charge in [-0.25, -0.2) is 0 Å². The molecule has 0 aromatic heterocycles. The molecule has 14 heavy (non-hydrogen) atoms. The second-order valence-electron chi connectivity index (χ2n) is 3.09. The lowest BCUT2D eigenvalue weighted by molar-refractivity contribution is 0.292. The van der Waals surface area contributed by atoms with Gasteiger partial charge in [-0.05, 0) is 31.0 Å². The number of rotatable bonds is 4. The van der Waals surface area contributed by atoms with Crippen molar-refractivity contribution in [1.82, 2.24) is 0 Å². The molecule has 2 N–H and O–H groups in total. The second-order valence-corrected chi connectivity index (χ2v) is 3.09. The molecule has 0 heterocycles. The lowest BCUT2D eigenvalue weighted by Gasteiger charge is -2.09. The van der Waals surface area contributed by atoms with Gasteiger partial charge in [0, 0.05) is 18.8 Å². The molecule has 0 amide bonds. The van der Waals surface area contributed by atoms with Crippen LogP contribution in [-0.2, 0) is 0 Å². The first-order valence-corrected chi connectivity index (χ1v) is 4.64. The Hall–Kier alpha value is -1.53. The van der Waals surface area contributed by atoms with Gasteiger partial charge in [-0.1, -0.05) is 6.07 Å². The molecule has 3 nitrogen and oxygen atoms in total. The van der Waals surface area contributed by atoms with E-state index in [0.29, 0.717) is 5.56 Å². The summed E-state index contributed by atoms with van der Waals surface area (Å²) >= 11 is 0. The van der Waals surface area contributed by atoms with Gasteiger partial charge in [-0.15, -0.1) is 0 Å². The minimum atomic E-state index is 0.185. The predicted octanol–water partition coefficient (Wildman–Crippen LogP) is 1.66. The lowest BCUT2D eigenvalue weighted by atomic mass is 10.1. The first kappa shape index (κ1) is 10.6. The normalized spacial score (nSPS) is 9.50. The molecular formula is C11H14N2O. The van der Waals surface area contributed by atoms with Crippen molar-refractivity contribution in [3.05, 3.63) is 29.3 Å². The third-order valence-corrected chi connectivity index (χ3v) is 2.10. The van der Waals surface area contributed by atoms with Gasteiger partial charge < -0.3 is 10.4 Å². The molecule has 1 rings (SSSR count). The van der Waals surface area contributed by atoms with E-state index in [2.05, 4.69) is 11.4 Å². The van der Waals surface area contributed by atoms with E-state index in [1.54, 1.807) is 6.07 Å². The third-order valence-electron chi connectivity index (χ3n) is 2.10. The molecule has 0 saturated heterocycles. The first-order chi connectivity index (χ1) is 6.79. The summed E-state index contributed by atoms with van der Waals surface area (Å²) in [6.07, 6.45) is 0.718. The molecule has 0 radical (unpaired) electrons. The van der Waals surface area contributed by atoms with Crippen molar-refractivity contribution >= 4 is 5.69 Å². The van der Waals surface area contributed by atoms with Crippen LogP contribution in [0.1, 0.15) is 17.5 Å². The number of aliphatic hydroxyl groups is 1. The number of nitrogens with zero attached hydrogens (tertiary/aromatic N) is 1. The van der Waals surface area contributed by atoms with Crippen LogP contribution in [0.15, 0.2) is 18.2 Å². The predicted molar refractivity (Wildman–Crippen MR) is 56.1 cm³/mol. The van der Waals surface area contributed by atoms with Gasteiger partial charge in [-0.3, -0.25) is 0 Å². The summed E-state index contributed by atoms with van der Waals surface area (Å²) < 4.78 is 0. The molecule has 0 spiro atoms. The van der Waals surface area contributed by atoms with E-state index in [9.17, 15) is 0 Å². The Bertz CT molecular complexity index is 342. The highest BCUT2D eigenvalue weighted by molar-refractivity contribution is 5.57. The van der Waals surface area contributed by atoms with Crippen LogP contribution >= 0.6 is 0 Å². The van der Waals surface area contributed by atoms with Gasteiger partial charge in [-0.2, -0.15) is 5.26 Å². The second kappa shape index (κ2) is 5.25. The van der Waals surface area contributed by atoms with Crippen molar-refractivity contribution in [3.8, 4) is 6.07 Å². The summed E-state index contributed by atoms with van der Waals surface area (Å²) in [7, 11) is 0. The van der Waals surface area contributed by atoms with Gasteiger partial charge in [0.25, 0.3) is 0 Å². The summed E-state index contributed by atoms with van der Waals surface area (Å²) in [5.41, 5.74) is 2.63. The summed E-state index contributed by atoms with van der Waals surface area (Å²) in [4.78, 5) is 0. The molecule has 0 bridgehead atoms. The van der Waals surface area contributed by atoms with E-state index in [1.807, 2.05) is 19.1 Å². The molecular weight excluding hydrogens is 176 g/mol. The Labute approximate surface area is 84.0 Å². The van der Waals surface area contributed by atoms with Crippen LogP contribution in [0.4, 0.5) is 5.69 Å². The van der Waals surface area contributed by atoms with Crippen LogP contribution in [0.2, 0.25) is 0 Å². The molecule has 1 aromatic rings. The van der Waals surface area contributed by atoms with Crippen LogP contribution in [0, 0.1) is 18.3 Å². The maximum Gasteiger partial charge on any atom is 0.0995 e. The van der Waals surface area contributed by atoms with E-state index in [0.717, 1.165) is 24.2 Å². The topological polar surface area (TPSA) is 56.0 Å². The van der Waals surface area contributed by atoms with Gasteiger partial charge >= 0.3 is 0 Å². The fourth-order valence-electron chi connectivity index (χ4n) is 1.25. The Morgan fingerprint density at radius 3 is 2.93 bits per heavy atom. The molecule has 0 saturated carbocycles. The van der Waals surface area contributed by atoms with Crippen LogP contribution in [0.3, 0.4) is 0 Å². The molecule has 0 aliphatic rings. The van der Waals surface area contributed by atoms with Crippen molar-refractivity contribution in [2.45, 2.75) is 13.3 Å². The Morgan fingerprint density at radius 2 is 2.29 bits per heavy atom. The zero-order chi connectivity index (χ0) is 10.4. The Morgan fingerprint density at radius 1 is 1.50 bits per heavy atom. The number of benzene rings is 1. The highest BCUT2D eigenvalue weighted by Crippen LogP contribution is 2.17. The quantitative estimate of drug-likeness (QED) is 0.710. The highest BCUT2D eigenvalue weighted by atomic mass is 16.3. The van der Waals surface area contributed by atoms with Gasteiger partial charge in [0.2, 0.25) is 0 Å². The maximum absolute atomic E-state index is 8.80. The van der Waals surface area contributed by atoms with Crippen LogP contribution in [0.25, 0.3) is 0 Å². The molecule has 0 unspecified atom stereocenters. The number of nitriles is 1. The van der Waals surface area contributed by atoms with E-state index >= 15 is 0 Å². The highest BCUT2D eigenvalue weighted by Gasteiger charge is 2.01. The fraction of sp³-hybridized carbons (Fsp3) is 0.364. The number of nitrogens with one attached hydrogen (secondary N) is 1. The standard InChI is InChI=1S/C11H14N2O/c1-9-10(8-12)4-2-5-11(9)13-6-3-7-14/h2,4-5,13-14H,3,6-7H2,1H3. The average Bonchev–Trinajstić information content (AvgIpc) is 2.21. The number of hydrogen-bond acceptors (Lipinski definition) is 3. The molecule has 3 heteroatoms. The van der Waals surface area contributed by atoms with E-state index < -0.39 is 0 Å². The lowest BCUT2D eigenvalue weighted by Crippen LogP contribution is -2.05. The SMILES string of the molecule is Cc1c(C#N)cccc1NCCCO. The number of anilines is 1. The van der Waals surface area contributed by atoms with E-state index in [-0.39, 0.29) is 6.61 Å². The van der Waals surface area contributed by atoms with Crippen molar-refractivity contribution < 1.29 is 5.11 Å². The average molecular weight is 190 g/mol. The van der Waals surface area contributed by atoms with Crippen molar-refractivity contribution in [1.29, 1.82) is 5.26 Å². The van der Waals surface area contributed by atoms with Gasteiger partial charge in [0.15, 0.2) is 0 Å². The number of aliphatic hydroxyl groups excluding tert-OH is 1. The molecule has 0 aliphatic heterocycles. The largest absolute Gasteiger partial charge is 0.396 e. The van der Waals surface area contributed by atoms with Crippen molar-refractivity contribution in [2.24, 2.45) is 0 Å². The molecule has 1 aromatic carbocycles. The number of hydrogen-bond donors (Lipinski definition) is 2. The van der Waals surface area contributed by atoms with Gasteiger partial charge in [0.05, 0.1) is 11.6 Å².